The second-order valence-electron chi connectivity index (χ2n) is 4.76. The Hall–Kier alpha value is -1.08. The van der Waals surface area contributed by atoms with Gasteiger partial charge in [0, 0.05) is 6.54 Å². The van der Waals surface area contributed by atoms with E-state index in [2.05, 4.69) is 6.07 Å². The van der Waals surface area contributed by atoms with Gasteiger partial charge in [0.15, 0.2) is 0 Å². The zero-order valence-corrected chi connectivity index (χ0v) is 9.36. The number of hydrogen-bond donors (Lipinski definition) is 1. The molecule has 1 heterocycles. The SMILES string of the molecule is CC(C)(C(=O)O)C1CCCN(CC#N)C1. The first-order valence-corrected chi connectivity index (χ1v) is 5.31. The number of likely N-dealkylation sites (tertiary alicyclic amines) is 1. The Balaban J connectivity index is 2.64. The molecule has 1 aliphatic heterocycles. The first kappa shape index (κ1) is 12.0. The van der Waals surface area contributed by atoms with E-state index in [1.54, 1.807) is 13.8 Å². The van der Waals surface area contributed by atoms with Gasteiger partial charge in [0.2, 0.25) is 0 Å². The summed E-state index contributed by atoms with van der Waals surface area (Å²) in [7, 11) is 0. The fourth-order valence-corrected chi connectivity index (χ4v) is 2.06. The Labute approximate surface area is 90.5 Å². The third-order valence-corrected chi connectivity index (χ3v) is 3.37. The molecule has 0 aliphatic carbocycles. The Morgan fingerprint density at radius 1 is 1.67 bits per heavy atom. The number of rotatable bonds is 3. The number of nitriles is 1. The quantitative estimate of drug-likeness (QED) is 0.714. The van der Waals surface area contributed by atoms with Gasteiger partial charge in [-0.25, -0.2) is 0 Å². The van der Waals surface area contributed by atoms with Crippen molar-refractivity contribution in [2.45, 2.75) is 26.7 Å². The summed E-state index contributed by atoms with van der Waals surface area (Å²) in [6.45, 7) is 5.60. The van der Waals surface area contributed by atoms with Crippen molar-refractivity contribution in [2.75, 3.05) is 19.6 Å². The topological polar surface area (TPSA) is 64.3 Å². The maximum atomic E-state index is 11.1. The second-order valence-corrected chi connectivity index (χ2v) is 4.76. The largest absolute Gasteiger partial charge is 0.481 e. The monoisotopic (exact) mass is 210 g/mol. The zero-order valence-electron chi connectivity index (χ0n) is 9.36. The van der Waals surface area contributed by atoms with Crippen LogP contribution in [0.15, 0.2) is 0 Å². The average molecular weight is 210 g/mol. The fourth-order valence-electron chi connectivity index (χ4n) is 2.06. The van der Waals surface area contributed by atoms with Crippen LogP contribution in [0.25, 0.3) is 0 Å². The highest BCUT2D eigenvalue weighted by atomic mass is 16.4. The lowest BCUT2D eigenvalue weighted by Crippen LogP contribution is -2.44. The molecular formula is C11H18N2O2. The molecule has 1 unspecified atom stereocenters. The molecule has 0 amide bonds. The van der Waals surface area contributed by atoms with Crippen LogP contribution in [0.5, 0.6) is 0 Å². The molecule has 4 heteroatoms. The van der Waals surface area contributed by atoms with Gasteiger partial charge >= 0.3 is 5.97 Å². The number of piperidine rings is 1. The highest BCUT2D eigenvalue weighted by molar-refractivity contribution is 5.74. The van der Waals surface area contributed by atoms with E-state index < -0.39 is 11.4 Å². The molecule has 0 aromatic carbocycles. The Bertz CT molecular complexity index is 281. The van der Waals surface area contributed by atoms with E-state index in [0.29, 0.717) is 6.54 Å². The molecule has 0 radical (unpaired) electrons. The summed E-state index contributed by atoms with van der Waals surface area (Å²) >= 11 is 0. The molecule has 0 bridgehead atoms. The van der Waals surface area contributed by atoms with Crippen LogP contribution < -0.4 is 0 Å². The summed E-state index contributed by atoms with van der Waals surface area (Å²) in [5, 5.41) is 17.7. The molecule has 1 N–H and O–H groups in total. The summed E-state index contributed by atoms with van der Waals surface area (Å²) in [5.41, 5.74) is -0.686. The van der Waals surface area contributed by atoms with Gasteiger partial charge in [0.25, 0.3) is 0 Å². The lowest BCUT2D eigenvalue weighted by molar-refractivity contribution is -0.151. The number of nitrogens with zero attached hydrogens (tertiary/aromatic N) is 2. The summed E-state index contributed by atoms with van der Waals surface area (Å²) < 4.78 is 0. The van der Waals surface area contributed by atoms with E-state index in [1.165, 1.54) is 0 Å². The van der Waals surface area contributed by atoms with E-state index in [9.17, 15) is 4.79 Å². The Morgan fingerprint density at radius 2 is 2.33 bits per heavy atom. The molecule has 1 atom stereocenters. The maximum Gasteiger partial charge on any atom is 0.309 e. The number of carboxylic acid groups (broad SMARTS) is 1. The fraction of sp³-hybridized carbons (Fsp3) is 0.818. The minimum Gasteiger partial charge on any atom is -0.481 e. The first-order valence-electron chi connectivity index (χ1n) is 5.31. The molecule has 0 saturated carbocycles. The highest BCUT2D eigenvalue weighted by Gasteiger charge is 2.38. The van der Waals surface area contributed by atoms with E-state index in [4.69, 9.17) is 10.4 Å². The summed E-state index contributed by atoms with van der Waals surface area (Å²) in [6, 6.07) is 2.12. The van der Waals surface area contributed by atoms with E-state index in [0.717, 1.165) is 25.9 Å². The molecule has 1 saturated heterocycles. The van der Waals surface area contributed by atoms with Crippen molar-refractivity contribution < 1.29 is 9.90 Å². The molecule has 0 spiro atoms. The summed E-state index contributed by atoms with van der Waals surface area (Å²) in [4.78, 5) is 13.1. The highest BCUT2D eigenvalue weighted by Crippen LogP contribution is 2.33. The van der Waals surface area contributed by atoms with Gasteiger partial charge in [-0.2, -0.15) is 5.26 Å². The van der Waals surface area contributed by atoms with Crippen molar-refractivity contribution in [2.24, 2.45) is 11.3 Å². The van der Waals surface area contributed by atoms with Crippen LogP contribution in [-0.2, 0) is 4.79 Å². The van der Waals surface area contributed by atoms with Gasteiger partial charge in [-0.05, 0) is 39.2 Å². The van der Waals surface area contributed by atoms with Crippen LogP contribution in [0.1, 0.15) is 26.7 Å². The molecular weight excluding hydrogens is 192 g/mol. The molecule has 0 aromatic rings. The molecule has 15 heavy (non-hydrogen) atoms. The van der Waals surface area contributed by atoms with Crippen LogP contribution in [-0.4, -0.2) is 35.6 Å². The van der Waals surface area contributed by atoms with E-state index in [1.807, 2.05) is 4.90 Å². The van der Waals surface area contributed by atoms with Crippen molar-refractivity contribution in [3.8, 4) is 6.07 Å². The Morgan fingerprint density at radius 3 is 2.87 bits per heavy atom. The minimum atomic E-state index is -0.744. The predicted molar refractivity (Wildman–Crippen MR) is 56.2 cm³/mol. The first-order chi connectivity index (χ1) is 6.98. The number of carbonyl (C=O) groups is 1. The van der Waals surface area contributed by atoms with E-state index >= 15 is 0 Å². The molecule has 1 aliphatic rings. The van der Waals surface area contributed by atoms with Crippen molar-refractivity contribution in [1.29, 1.82) is 5.26 Å². The third-order valence-electron chi connectivity index (χ3n) is 3.37. The van der Waals surface area contributed by atoms with Gasteiger partial charge in [0.05, 0.1) is 18.0 Å². The minimum absolute atomic E-state index is 0.150. The van der Waals surface area contributed by atoms with Crippen molar-refractivity contribution in [3.63, 3.8) is 0 Å². The molecule has 4 nitrogen and oxygen atoms in total. The molecule has 0 aromatic heterocycles. The Kier molecular flexibility index (Phi) is 3.70. The number of carboxylic acids is 1. The van der Waals surface area contributed by atoms with E-state index in [-0.39, 0.29) is 5.92 Å². The van der Waals surface area contributed by atoms with Gasteiger partial charge < -0.3 is 5.11 Å². The van der Waals surface area contributed by atoms with Gasteiger partial charge in [-0.1, -0.05) is 0 Å². The van der Waals surface area contributed by atoms with Crippen LogP contribution >= 0.6 is 0 Å². The summed E-state index contributed by atoms with van der Waals surface area (Å²) in [6.07, 6.45) is 1.93. The molecule has 1 fully saturated rings. The third kappa shape index (κ3) is 2.69. The van der Waals surface area contributed by atoms with Gasteiger partial charge in [-0.3, -0.25) is 9.69 Å². The normalized spacial score (nSPS) is 23.4. The molecule has 1 rings (SSSR count). The number of hydrogen-bond acceptors (Lipinski definition) is 3. The zero-order chi connectivity index (χ0) is 11.5. The van der Waals surface area contributed by atoms with Gasteiger partial charge in [0.1, 0.15) is 0 Å². The maximum absolute atomic E-state index is 11.1. The van der Waals surface area contributed by atoms with Gasteiger partial charge in [-0.15, -0.1) is 0 Å². The lowest BCUT2D eigenvalue weighted by Gasteiger charge is -2.38. The predicted octanol–water partition coefficient (Wildman–Crippen LogP) is 1.33. The van der Waals surface area contributed by atoms with Crippen LogP contribution in [0.3, 0.4) is 0 Å². The number of aliphatic carboxylic acids is 1. The summed E-state index contributed by atoms with van der Waals surface area (Å²) in [5.74, 6) is -0.594. The van der Waals surface area contributed by atoms with Crippen LogP contribution in [0, 0.1) is 22.7 Å². The van der Waals surface area contributed by atoms with Crippen LogP contribution in [0.2, 0.25) is 0 Å². The standard InChI is InChI=1S/C11H18N2O2/c1-11(2,10(14)15)9-4-3-6-13(8-9)7-5-12/h9H,3-4,6-8H2,1-2H3,(H,14,15). The lowest BCUT2D eigenvalue weighted by atomic mass is 9.74. The van der Waals surface area contributed by atoms with Crippen molar-refractivity contribution in [1.82, 2.24) is 4.90 Å². The average Bonchev–Trinajstić information content (AvgIpc) is 2.18. The smallest absolute Gasteiger partial charge is 0.309 e. The van der Waals surface area contributed by atoms with Crippen LogP contribution in [0.4, 0.5) is 0 Å². The molecule has 84 valence electrons. The van der Waals surface area contributed by atoms with Crippen molar-refractivity contribution in [3.05, 3.63) is 0 Å². The second kappa shape index (κ2) is 4.63. The van der Waals surface area contributed by atoms with Crippen molar-refractivity contribution >= 4 is 5.97 Å².